The molecule has 0 bridgehead atoms. The number of hydrogen-bond acceptors (Lipinski definition) is 0. The minimum Gasteiger partial charge on any atom is -0.0623 e. The minimum absolute atomic E-state index is 1.30. The van der Waals surface area contributed by atoms with Gasteiger partial charge in [-0.15, -0.1) is 0 Å². The van der Waals surface area contributed by atoms with Gasteiger partial charge in [-0.25, -0.2) is 0 Å². The van der Waals surface area contributed by atoms with Crippen molar-refractivity contribution in [2.45, 2.75) is 26.2 Å². The van der Waals surface area contributed by atoms with E-state index in [1.54, 1.807) is 20.7 Å². The summed E-state index contributed by atoms with van der Waals surface area (Å²) in [7, 11) is -3.44. The van der Waals surface area contributed by atoms with Gasteiger partial charge in [-0.3, -0.25) is 0 Å². The molecule has 0 spiro atoms. The lowest BCUT2D eigenvalue weighted by atomic mass is 9.92. The van der Waals surface area contributed by atoms with E-state index in [1.165, 1.54) is 44.2 Å². The third kappa shape index (κ3) is 2.48. The van der Waals surface area contributed by atoms with Gasteiger partial charge < -0.3 is 0 Å². The second-order valence-corrected chi connectivity index (χ2v) is 19.6. The Hall–Kier alpha value is -3.21. The highest BCUT2D eigenvalue weighted by molar-refractivity contribution is 7.05. The first-order chi connectivity index (χ1) is 16.4. The molecule has 0 nitrogen and oxygen atoms in total. The fraction of sp³-hybridized carbons (Fsp3) is 0.125. The predicted molar refractivity (Wildman–Crippen MR) is 154 cm³/mol. The Morgan fingerprint density at radius 3 is 1.65 bits per heavy atom. The van der Waals surface area contributed by atoms with Crippen molar-refractivity contribution in [3.63, 3.8) is 0 Å². The topological polar surface area (TPSA) is 0 Å². The van der Waals surface area contributed by atoms with Crippen molar-refractivity contribution in [2.24, 2.45) is 0 Å². The summed E-state index contributed by atoms with van der Waals surface area (Å²) < 4.78 is 0. The van der Waals surface area contributed by atoms with Crippen molar-refractivity contribution in [1.29, 1.82) is 0 Å². The molecule has 2 aliphatic rings. The smallest absolute Gasteiger partial charge is 0.0623 e. The van der Waals surface area contributed by atoms with Gasteiger partial charge in [0.1, 0.15) is 16.1 Å². The van der Waals surface area contributed by atoms with Gasteiger partial charge in [-0.1, -0.05) is 123 Å². The molecule has 0 radical (unpaired) electrons. The van der Waals surface area contributed by atoms with Gasteiger partial charge in [0.25, 0.3) is 0 Å². The zero-order valence-corrected chi connectivity index (χ0v) is 22.2. The molecule has 34 heavy (non-hydrogen) atoms. The van der Waals surface area contributed by atoms with Crippen LogP contribution in [-0.2, 0) is 0 Å². The van der Waals surface area contributed by atoms with E-state index in [1.807, 2.05) is 0 Å². The van der Waals surface area contributed by atoms with Crippen LogP contribution >= 0.6 is 0 Å². The van der Waals surface area contributed by atoms with Crippen LogP contribution in [0.5, 0.6) is 0 Å². The van der Waals surface area contributed by atoms with Gasteiger partial charge in [0, 0.05) is 0 Å². The Kier molecular flexibility index (Phi) is 3.97. The summed E-state index contributed by atoms with van der Waals surface area (Å²) >= 11 is 0. The van der Waals surface area contributed by atoms with Crippen molar-refractivity contribution in [3.8, 4) is 33.4 Å². The summed E-state index contributed by atoms with van der Waals surface area (Å²) in [4.78, 5) is 0. The molecule has 0 N–H and O–H groups in total. The Bertz CT molecular complexity index is 1640. The summed E-state index contributed by atoms with van der Waals surface area (Å²) in [5.41, 5.74) is 8.56. The standard InChI is InChI=1S/C32H28Si2/c1-33(2)27-13-9-8-12-25(27)31-23-17-19-29-32(24(23)16-18-28(31)33)26-15-14-22(20-30(26)34(29,3)4)21-10-6-5-7-11-21/h5-20H,1-4H3. The molecule has 0 fully saturated rings. The Balaban J connectivity index is 1.52. The largest absolute Gasteiger partial charge is 0.113 e. The molecule has 2 heteroatoms. The quantitative estimate of drug-likeness (QED) is 0.260. The van der Waals surface area contributed by atoms with Crippen LogP contribution in [0.1, 0.15) is 0 Å². The van der Waals surface area contributed by atoms with Crippen molar-refractivity contribution in [2.75, 3.05) is 0 Å². The van der Waals surface area contributed by atoms with Crippen LogP contribution < -0.4 is 20.7 Å². The summed E-state index contributed by atoms with van der Waals surface area (Å²) in [6.45, 7) is 10.1. The van der Waals surface area contributed by atoms with Gasteiger partial charge in [0.05, 0.1) is 0 Å². The fourth-order valence-electron chi connectivity index (χ4n) is 6.65. The molecule has 2 aliphatic heterocycles. The Morgan fingerprint density at radius 1 is 0.412 bits per heavy atom. The highest BCUT2D eigenvalue weighted by Crippen LogP contribution is 2.40. The molecular formula is C32H28Si2. The summed E-state index contributed by atoms with van der Waals surface area (Å²) in [5, 5.41) is 9.21. The van der Waals surface area contributed by atoms with E-state index < -0.39 is 16.1 Å². The van der Waals surface area contributed by atoms with Crippen molar-refractivity contribution < 1.29 is 0 Å². The number of benzene rings is 5. The van der Waals surface area contributed by atoms with Crippen LogP contribution in [0.2, 0.25) is 26.2 Å². The van der Waals surface area contributed by atoms with E-state index >= 15 is 0 Å². The molecule has 0 saturated heterocycles. The minimum atomic E-state index is -1.78. The molecule has 164 valence electrons. The van der Waals surface area contributed by atoms with Crippen LogP contribution in [0.3, 0.4) is 0 Å². The predicted octanol–water partition coefficient (Wildman–Crippen LogP) is 6.11. The molecule has 0 aliphatic carbocycles. The molecule has 0 unspecified atom stereocenters. The van der Waals surface area contributed by atoms with Gasteiger partial charge in [0.2, 0.25) is 0 Å². The number of rotatable bonds is 1. The maximum absolute atomic E-state index is 2.52. The second-order valence-electron chi connectivity index (χ2n) is 11.0. The number of fused-ring (bicyclic) bond motifs is 9. The summed E-state index contributed by atoms with van der Waals surface area (Å²) in [5.74, 6) is 0. The van der Waals surface area contributed by atoms with E-state index in [2.05, 4.69) is 123 Å². The zero-order chi connectivity index (χ0) is 23.2. The molecule has 7 rings (SSSR count). The highest BCUT2D eigenvalue weighted by Gasteiger charge is 2.41. The Labute approximate surface area is 203 Å². The van der Waals surface area contributed by atoms with Crippen LogP contribution in [-0.4, -0.2) is 16.1 Å². The summed E-state index contributed by atoms with van der Waals surface area (Å²) in [6, 6.07) is 37.0. The van der Waals surface area contributed by atoms with Gasteiger partial charge in [0.15, 0.2) is 0 Å². The van der Waals surface area contributed by atoms with Crippen LogP contribution in [0.15, 0.2) is 97.1 Å². The van der Waals surface area contributed by atoms with Gasteiger partial charge in [-0.05, 0) is 64.9 Å². The number of hydrogen-bond donors (Lipinski definition) is 0. The second kappa shape index (κ2) is 6.68. The van der Waals surface area contributed by atoms with E-state index in [4.69, 9.17) is 0 Å². The van der Waals surface area contributed by atoms with Gasteiger partial charge in [-0.2, -0.15) is 0 Å². The van der Waals surface area contributed by atoms with E-state index in [9.17, 15) is 0 Å². The van der Waals surface area contributed by atoms with E-state index in [0.29, 0.717) is 0 Å². The van der Waals surface area contributed by atoms with E-state index in [-0.39, 0.29) is 0 Å². The SMILES string of the molecule is C[Si]1(C)c2ccccc2-c2c1ccc1c3c(ccc21)[Si](C)(C)c1cc(-c2ccccc2)ccc1-3. The average molecular weight is 469 g/mol. The fourth-order valence-corrected chi connectivity index (χ4v) is 12.8. The van der Waals surface area contributed by atoms with Crippen molar-refractivity contribution in [1.82, 2.24) is 0 Å². The molecule has 2 heterocycles. The zero-order valence-electron chi connectivity index (χ0n) is 20.2. The first-order valence-corrected chi connectivity index (χ1v) is 18.3. The molecule has 0 aromatic heterocycles. The normalized spacial score (nSPS) is 16.1. The molecule has 0 saturated carbocycles. The Morgan fingerprint density at radius 2 is 0.971 bits per heavy atom. The summed E-state index contributed by atoms with van der Waals surface area (Å²) in [6.07, 6.45) is 0. The highest BCUT2D eigenvalue weighted by atomic mass is 28.3. The van der Waals surface area contributed by atoms with E-state index in [0.717, 1.165) is 0 Å². The average Bonchev–Trinajstić information content (AvgIpc) is 3.24. The molecule has 5 aromatic carbocycles. The molecule has 5 aromatic rings. The van der Waals surface area contributed by atoms with Crippen LogP contribution in [0.4, 0.5) is 0 Å². The monoisotopic (exact) mass is 468 g/mol. The van der Waals surface area contributed by atoms with Crippen molar-refractivity contribution >= 4 is 47.7 Å². The lowest BCUT2D eigenvalue weighted by Gasteiger charge is -2.21. The molecule has 0 atom stereocenters. The lowest BCUT2D eigenvalue weighted by Crippen LogP contribution is -2.49. The van der Waals surface area contributed by atoms with Crippen LogP contribution in [0, 0.1) is 0 Å². The maximum Gasteiger partial charge on any atom is 0.113 e. The lowest BCUT2D eigenvalue weighted by molar-refractivity contribution is 1.63. The molecular weight excluding hydrogens is 441 g/mol. The maximum atomic E-state index is 2.52. The first kappa shape index (κ1) is 20.2. The first-order valence-electron chi connectivity index (χ1n) is 12.3. The third-order valence-corrected chi connectivity index (χ3v) is 15.6. The third-order valence-electron chi connectivity index (χ3n) is 8.49. The van der Waals surface area contributed by atoms with Crippen LogP contribution in [0.25, 0.3) is 44.2 Å². The van der Waals surface area contributed by atoms with Gasteiger partial charge >= 0.3 is 0 Å². The van der Waals surface area contributed by atoms with Crippen molar-refractivity contribution in [3.05, 3.63) is 97.1 Å². The molecule has 0 amide bonds.